The molecule has 0 aromatic heterocycles. The van der Waals surface area contributed by atoms with E-state index in [-0.39, 0.29) is 10.3 Å². The highest BCUT2D eigenvalue weighted by molar-refractivity contribution is 7.90. The highest BCUT2D eigenvalue weighted by Crippen LogP contribution is 2.25. The molecule has 0 aliphatic rings. The van der Waals surface area contributed by atoms with Gasteiger partial charge in [0.2, 0.25) is 0 Å². The summed E-state index contributed by atoms with van der Waals surface area (Å²) in [7, 11) is -3.19. The SMILES string of the molecule is CC(C)C(C)(C)CNCC(O)c1ccc(S(C)(=O)=O)cc1. The normalized spacial score (nSPS) is 14.4. The molecule has 1 atom stereocenters. The van der Waals surface area contributed by atoms with Gasteiger partial charge in [-0.25, -0.2) is 8.42 Å². The number of benzene rings is 1. The van der Waals surface area contributed by atoms with Crippen molar-refractivity contribution in [3.05, 3.63) is 29.8 Å². The molecule has 0 amide bonds. The first-order valence-corrected chi connectivity index (χ1v) is 9.12. The van der Waals surface area contributed by atoms with Crippen molar-refractivity contribution < 1.29 is 13.5 Å². The molecule has 4 nitrogen and oxygen atoms in total. The van der Waals surface area contributed by atoms with Gasteiger partial charge in [-0.3, -0.25) is 0 Å². The van der Waals surface area contributed by atoms with Gasteiger partial charge in [0.1, 0.15) is 0 Å². The summed E-state index contributed by atoms with van der Waals surface area (Å²) in [5.41, 5.74) is 0.886. The van der Waals surface area contributed by atoms with Crippen LogP contribution in [0.2, 0.25) is 0 Å². The maximum Gasteiger partial charge on any atom is 0.175 e. The van der Waals surface area contributed by atoms with Crippen LogP contribution in [0.3, 0.4) is 0 Å². The third-order valence-corrected chi connectivity index (χ3v) is 5.30. The molecule has 5 heteroatoms. The lowest BCUT2D eigenvalue weighted by atomic mass is 9.81. The molecule has 1 rings (SSSR count). The molecule has 0 bridgehead atoms. The van der Waals surface area contributed by atoms with Crippen molar-refractivity contribution in [2.75, 3.05) is 19.3 Å². The van der Waals surface area contributed by atoms with Crippen molar-refractivity contribution in [1.82, 2.24) is 5.32 Å². The van der Waals surface area contributed by atoms with Crippen molar-refractivity contribution in [3.63, 3.8) is 0 Å². The van der Waals surface area contributed by atoms with Crippen LogP contribution in [0.1, 0.15) is 39.4 Å². The standard InChI is InChI=1S/C16H27NO3S/c1-12(2)16(3,4)11-17-10-15(18)13-6-8-14(9-7-13)21(5,19)20/h6-9,12,15,17-18H,10-11H2,1-5H3. The van der Waals surface area contributed by atoms with E-state index in [1.807, 2.05) is 0 Å². The second-order valence-corrected chi connectivity index (χ2v) is 8.65. The molecule has 2 N–H and O–H groups in total. The molecule has 0 radical (unpaired) electrons. The van der Waals surface area contributed by atoms with Gasteiger partial charge < -0.3 is 10.4 Å². The van der Waals surface area contributed by atoms with Crippen molar-refractivity contribution in [2.24, 2.45) is 11.3 Å². The van der Waals surface area contributed by atoms with Crippen LogP contribution >= 0.6 is 0 Å². The first-order valence-electron chi connectivity index (χ1n) is 7.23. The van der Waals surface area contributed by atoms with Gasteiger partial charge in [-0.2, -0.15) is 0 Å². The Morgan fingerprint density at radius 2 is 1.71 bits per heavy atom. The summed E-state index contributed by atoms with van der Waals surface area (Å²) in [6, 6.07) is 6.39. The molecular weight excluding hydrogens is 286 g/mol. The first kappa shape index (κ1) is 18.1. The summed E-state index contributed by atoms with van der Waals surface area (Å²) in [6.07, 6.45) is 0.537. The summed E-state index contributed by atoms with van der Waals surface area (Å²) in [4.78, 5) is 0.271. The second kappa shape index (κ2) is 6.90. The van der Waals surface area contributed by atoms with E-state index in [0.29, 0.717) is 12.5 Å². The zero-order valence-corrected chi connectivity index (χ0v) is 14.4. The van der Waals surface area contributed by atoms with E-state index in [1.165, 1.54) is 18.4 Å². The Hall–Kier alpha value is -0.910. The average molecular weight is 313 g/mol. The Kier molecular flexibility index (Phi) is 5.96. The first-order chi connectivity index (χ1) is 9.54. The largest absolute Gasteiger partial charge is 0.387 e. The van der Waals surface area contributed by atoms with E-state index in [2.05, 4.69) is 33.0 Å². The number of sulfone groups is 1. The molecule has 0 fully saturated rings. The van der Waals surface area contributed by atoms with Crippen molar-refractivity contribution in [3.8, 4) is 0 Å². The minimum Gasteiger partial charge on any atom is -0.387 e. The molecule has 0 aliphatic carbocycles. The third-order valence-electron chi connectivity index (χ3n) is 4.17. The fourth-order valence-electron chi connectivity index (χ4n) is 1.79. The summed E-state index contributed by atoms with van der Waals surface area (Å²) < 4.78 is 22.8. The fourth-order valence-corrected chi connectivity index (χ4v) is 2.42. The molecule has 1 unspecified atom stereocenters. The smallest absolute Gasteiger partial charge is 0.175 e. The number of hydrogen-bond donors (Lipinski definition) is 2. The summed E-state index contributed by atoms with van der Waals surface area (Å²) in [5.74, 6) is 0.552. The molecule has 1 aromatic rings. The van der Waals surface area contributed by atoms with Crippen molar-refractivity contribution in [1.29, 1.82) is 0 Å². The zero-order chi connectivity index (χ0) is 16.3. The van der Waals surface area contributed by atoms with E-state index in [4.69, 9.17) is 0 Å². The van der Waals surface area contributed by atoms with E-state index < -0.39 is 15.9 Å². The molecule has 0 heterocycles. The van der Waals surface area contributed by atoms with Crippen LogP contribution in [0, 0.1) is 11.3 Å². The number of rotatable bonds is 7. The van der Waals surface area contributed by atoms with Gasteiger partial charge in [0.25, 0.3) is 0 Å². The van der Waals surface area contributed by atoms with Crippen LogP contribution < -0.4 is 5.32 Å². The maximum atomic E-state index is 11.4. The lowest BCUT2D eigenvalue weighted by molar-refractivity contribution is 0.160. The van der Waals surface area contributed by atoms with Crippen molar-refractivity contribution in [2.45, 2.75) is 38.7 Å². The van der Waals surface area contributed by atoms with Gasteiger partial charge in [0, 0.05) is 19.3 Å². The third kappa shape index (κ3) is 5.41. The maximum absolute atomic E-state index is 11.4. The minimum atomic E-state index is -3.19. The van der Waals surface area contributed by atoms with Gasteiger partial charge in [-0.15, -0.1) is 0 Å². The summed E-state index contributed by atoms with van der Waals surface area (Å²) >= 11 is 0. The number of aliphatic hydroxyl groups excluding tert-OH is 1. The molecular formula is C16H27NO3S. The average Bonchev–Trinajstić information content (AvgIpc) is 2.37. The van der Waals surface area contributed by atoms with Gasteiger partial charge in [0.15, 0.2) is 9.84 Å². The quantitative estimate of drug-likeness (QED) is 0.811. The Bertz CT molecular complexity index is 547. The lowest BCUT2D eigenvalue weighted by Crippen LogP contribution is -2.35. The van der Waals surface area contributed by atoms with Gasteiger partial charge in [-0.05, 0) is 29.0 Å². The van der Waals surface area contributed by atoms with Crippen LogP contribution in [-0.2, 0) is 9.84 Å². The highest BCUT2D eigenvalue weighted by Gasteiger charge is 2.22. The molecule has 21 heavy (non-hydrogen) atoms. The van der Waals surface area contributed by atoms with Crippen LogP contribution in [0.5, 0.6) is 0 Å². The summed E-state index contributed by atoms with van der Waals surface area (Å²) in [5, 5.41) is 13.4. The number of aliphatic hydroxyl groups is 1. The fraction of sp³-hybridized carbons (Fsp3) is 0.625. The van der Waals surface area contributed by atoms with Crippen LogP contribution in [-0.4, -0.2) is 32.9 Å². The second-order valence-electron chi connectivity index (χ2n) is 6.63. The molecule has 0 saturated carbocycles. The number of nitrogens with one attached hydrogen (secondary N) is 1. The topological polar surface area (TPSA) is 66.4 Å². The van der Waals surface area contributed by atoms with Gasteiger partial charge in [0.05, 0.1) is 11.0 Å². The van der Waals surface area contributed by atoms with E-state index in [1.54, 1.807) is 12.1 Å². The predicted octanol–water partition coefficient (Wildman–Crippen LogP) is 2.40. The lowest BCUT2D eigenvalue weighted by Gasteiger charge is -2.30. The predicted molar refractivity (Wildman–Crippen MR) is 86.0 cm³/mol. The zero-order valence-electron chi connectivity index (χ0n) is 13.6. The molecule has 0 spiro atoms. The van der Waals surface area contributed by atoms with Crippen LogP contribution in [0.15, 0.2) is 29.2 Å². The Labute approximate surface area is 128 Å². The summed E-state index contributed by atoms with van der Waals surface area (Å²) in [6.45, 7) is 10.0. The van der Waals surface area contributed by atoms with Crippen LogP contribution in [0.25, 0.3) is 0 Å². The van der Waals surface area contributed by atoms with Crippen molar-refractivity contribution >= 4 is 9.84 Å². The Balaban J connectivity index is 2.59. The Morgan fingerprint density at radius 3 is 2.14 bits per heavy atom. The van der Waals surface area contributed by atoms with E-state index in [9.17, 15) is 13.5 Å². The molecule has 1 aromatic carbocycles. The monoisotopic (exact) mass is 313 g/mol. The number of hydrogen-bond acceptors (Lipinski definition) is 4. The van der Waals surface area contributed by atoms with Gasteiger partial charge in [-0.1, -0.05) is 39.8 Å². The molecule has 0 aliphatic heterocycles. The highest BCUT2D eigenvalue weighted by atomic mass is 32.2. The van der Waals surface area contributed by atoms with E-state index >= 15 is 0 Å². The van der Waals surface area contributed by atoms with E-state index in [0.717, 1.165) is 12.1 Å². The molecule has 0 saturated heterocycles. The minimum absolute atomic E-state index is 0.167. The Morgan fingerprint density at radius 1 is 1.19 bits per heavy atom. The van der Waals surface area contributed by atoms with Gasteiger partial charge >= 0.3 is 0 Å². The molecule has 120 valence electrons. The van der Waals surface area contributed by atoms with Crippen LogP contribution in [0.4, 0.5) is 0 Å².